The lowest BCUT2D eigenvalue weighted by atomic mass is 9.92. The topological polar surface area (TPSA) is 51.2 Å². The molecule has 2 heterocycles. The standard InChI is InChI=1S/C22H34N2O4/c1-16-7-13-24(14-8-16)22(25)17-9-11-23(12-10-17)15-18-5-6-19(26-2)21(28-4)20(18)27-3/h5-6,16-17H,7-15H2,1-4H3. The molecule has 2 aliphatic rings. The maximum Gasteiger partial charge on any atom is 0.225 e. The maximum absolute atomic E-state index is 12.8. The van der Waals surface area contributed by atoms with Crippen LogP contribution >= 0.6 is 0 Å². The van der Waals surface area contributed by atoms with Crippen molar-refractivity contribution in [1.82, 2.24) is 9.80 Å². The molecule has 156 valence electrons. The first-order valence-electron chi connectivity index (χ1n) is 10.4. The molecule has 1 aromatic carbocycles. The summed E-state index contributed by atoms with van der Waals surface area (Å²) in [5, 5.41) is 0. The number of ether oxygens (including phenoxy) is 3. The molecule has 0 atom stereocenters. The van der Waals surface area contributed by atoms with E-state index in [4.69, 9.17) is 14.2 Å². The van der Waals surface area contributed by atoms with E-state index in [2.05, 4.69) is 16.7 Å². The number of piperidine rings is 2. The summed E-state index contributed by atoms with van der Waals surface area (Å²) in [5.41, 5.74) is 1.08. The molecule has 2 aliphatic heterocycles. The monoisotopic (exact) mass is 390 g/mol. The Labute approximate surface area is 168 Å². The molecule has 0 bridgehead atoms. The van der Waals surface area contributed by atoms with Crippen molar-refractivity contribution >= 4 is 5.91 Å². The predicted octanol–water partition coefficient (Wildman–Crippen LogP) is 3.18. The van der Waals surface area contributed by atoms with E-state index in [1.807, 2.05) is 12.1 Å². The SMILES string of the molecule is COc1ccc(CN2CCC(C(=O)N3CCC(C)CC3)CC2)c(OC)c1OC. The molecule has 28 heavy (non-hydrogen) atoms. The number of amides is 1. The van der Waals surface area contributed by atoms with Gasteiger partial charge in [-0.3, -0.25) is 9.69 Å². The zero-order valence-corrected chi connectivity index (χ0v) is 17.7. The smallest absolute Gasteiger partial charge is 0.225 e. The Morgan fingerprint density at radius 1 is 0.929 bits per heavy atom. The second-order valence-corrected chi connectivity index (χ2v) is 8.05. The lowest BCUT2D eigenvalue weighted by Gasteiger charge is -2.37. The van der Waals surface area contributed by atoms with Crippen LogP contribution in [-0.4, -0.2) is 63.2 Å². The van der Waals surface area contributed by atoms with Crippen LogP contribution in [0.25, 0.3) is 0 Å². The molecule has 0 aliphatic carbocycles. The third-order valence-electron chi connectivity index (χ3n) is 6.21. The van der Waals surface area contributed by atoms with E-state index in [1.165, 1.54) is 0 Å². The van der Waals surface area contributed by atoms with Gasteiger partial charge in [0.05, 0.1) is 21.3 Å². The third-order valence-corrected chi connectivity index (χ3v) is 6.21. The molecule has 1 amide bonds. The van der Waals surface area contributed by atoms with Crippen molar-refractivity contribution in [3.8, 4) is 17.2 Å². The fourth-order valence-corrected chi connectivity index (χ4v) is 4.35. The van der Waals surface area contributed by atoms with Crippen LogP contribution < -0.4 is 14.2 Å². The van der Waals surface area contributed by atoms with E-state index >= 15 is 0 Å². The number of rotatable bonds is 6. The fraction of sp³-hybridized carbons (Fsp3) is 0.682. The van der Waals surface area contributed by atoms with Gasteiger partial charge in [-0.05, 0) is 50.8 Å². The average molecular weight is 391 g/mol. The first-order chi connectivity index (χ1) is 13.6. The summed E-state index contributed by atoms with van der Waals surface area (Å²) in [5.74, 6) is 3.33. The van der Waals surface area contributed by atoms with Crippen molar-refractivity contribution < 1.29 is 19.0 Å². The summed E-state index contributed by atoms with van der Waals surface area (Å²) in [6, 6.07) is 3.95. The summed E-state index contributed by atoms with van der Waals surface area (Å²) < 4.78 is 16.5. The summed E-state index contributed by atoms with van der Waals surface area (Å²) in [4.78, 5) is 17.3. The molecule has 6 nitrogen and oxygen atoms in total. The van der Waals surface area contributed by atoms with Crippen LogP contribution in [0.5, 0.6) is 17.2 Å². The Bertz CT molecular complexity index is 663. The van der Waals surface area contributed by atoms with E-state index in [0.717, 1.165) is 75.6 Å². The molecular formula is C22H34N2O4. The van der Waals surface area contributed by atoms with Crippen molar-refractivity contribution in [1.29, 1.82) is 0 Å². The van der Waals surface area contributed by atoms with Crippen molar-refractivity contribution in [2.75, 3.05) is 47.5 Å². The van der Waals surface area contributed by atoms with Gasteiger partial charge in [0.1, 0.15) is 0 Å². The molecule has 0 N–H and O–H groups in total. The summed E-state index contributed by atoms with van der Waals surface area (Å²) in [6.45, 7) is 6.79. The zero-order valence-electron chi connectivity index (χ0n) is 17.7. The van der Waals surface area contributed by atoms with Crippen LogP contribution in [0, 0.1) is 11.8 Å². The van der Waals surface area contributed by atoms with E-state index in [0.29, 0.717) is 17.4 Å². The highest BCUT2D eigenvalue weighted by molar-refractivity contribution is 5.79. The van der Waals surface area contributed by atoms with Gasteiger partial charge in [0.25, 0.3) is 0 Å². The van der Waals surface area contributed by atoms with Crippen LogP contribution in [0.2, 0.25) is 0 Å². The molecule has 0 spiro atoms. The molecule has 2 saturated heterocycles. The van der Waals surface area contributed by atoms with Crippen molar-refractivity contribution in [3.05, 3.63) is 17.7 Å². The van der Waals surface area contributed by atoms with E-state index < -0.39 is 0 Å². The van der Waals surface area contributed by atoms with E-state index in [-0.39, 0.29) is 5.92 Å². The number of likely N-dealkylation sites (tertiary alicyclic amines) is 2. The summed E-state index contributed by atoms with van der Waals surface area (Å²) in [6.07, 6.45) is 4.15. The van der Waals surface area contributed by atoms with Crippen LogP contribution in [0.3, 0.4) is 0 Å². The van der Waals surface area contributed by atoms with Gasteiger partial charge >= 0.3 is 0 Å². The van der Waals surface area contributed by atoms with Gasteiger partial charge in [-0.25, -0.2) is 0 Å². The Hall–Kier alpha value is -1.95. The zero-order chi connectivity index (χ0) is 20.1. The minimum absolute atomic E-state index is 0.178. The molecule has 2 fully saturated rings. The fourth-order valence-electron chi connectivity index (χ4n) is 4.35. The number of carbonyl (C=O) groups is 1. The Morgan fingerprint density at radius 2 is 1.57 bits per heavy atom. The molecule has 0 saturated carbocycles. The second kappa shape index (κ2) is 9.50. The number of hydrogen-bond acceptors (Lipinski definition) is 5. The van der Waals surface area contributed by atoms with Crippen molar-refractivity contribution in [3.63, 3.8) is 0 Å². The summed E-state index contributed by atoms with van der Waals surface area (Å²) in [7, 11) is 4.91. The van der Waals surface area contributed by atoms with Crippen LogP contribution in [0.4, 0.5) is 0 Å². The van der Waals surface area contributed by atoms with Gasteiger partial charge in [-0.15, -0.1) is 0 Å². The number of hydrogen-bond donors (Lipinski definition) is 0. The van der Waals surface area contributed by atoms with Gasteiger partial charge < -0.3 is 19.1 Å². The Balaban J connectivity index is 1.58. The molecule has 0 unspecified atom stereocenters. The molecule has 3 rings (SSSR count). The van der Waals surface area contributed by atoms with Crippen LogP contribution in [0.1, 0.15) is 38.2 Å². The normalized spacial score (nSPS) is 19.5. The lowest BCUT2D eigenvalue weighted by molar-refractivity contribution is -0.138. The molecular weight excluding hydrogens is 356 g/mol. The molecule has 0 aromatic heterocycles. The highest BCUT2D eigenvalue weighted by Crippen LogP contribution is 2.40. The van der Waals surface area contributed by atoms with Crippen molar-refractivity contribution in [2.45, 2.75) is 39.2 Å². The molecule has 0 radical (unpaired) electrons. The second-order valence-electron chi connectivity index (χ2n) is 8.05. The number of methoxy groups -OCH3 is 3. The Morgan fingerprint density at radius 3 is 2.14 bits per heavy atom. The summed E-state index contributed by atoms with van der Waals surface area (Å²) >= 11 is 0. The Kier molecular flexibility index (Phi) is 7.05. The van der Waals surface area contributed by atoms with E-state index in [1.54, 1.807) is 21.3 Å². The first-order valence-corrected chi connectivity index (χ1v) is 10.4. The highest BCUT2D eigenvalue weighted by Gasteiger charge is 2.30. The number of carbonyl (C=O) groups excluding carboxylic acids is 1. The van der Waals surface area contributed by atoms with Crippen LogP contribution in [-0.2, 0) is 11.3 Å². The van der Waals surface area contributed by atoms with Gasteiger partial charge in [-0.2, -0.15) is 0 Å². The van der Waals surface area contributed by atoms with Gasteiger partial charge in [0.15, 0.2) is 11.5 Å². The number of nitrogens with zero attached hydrogens (tertiary/aromatic N) is 2. The highest BCUT2D eigenvalue weighted by atomic mass is 16.5. The van der Waals surface area contributed by atoms with Gasteiger partial charge in [0, 0.05) is 31.1 Å². The third kappa shape index (κ3) is 4.54. The molecule has 1 aromatic rings. The van der Waals surface area contributed by atoms with Gasteiger partial charge in [0.2, 0.25) is 11.7 Å². The first kappa shape index (κ1) is 20.8. The minimum atomic E-state index is 0.178. The maximum atomic E-state index is 12.8. The molecule has 6 heteroatoms. The number of benzene rings is 1. The predicted molar refractivity (Wildman–Crippen MR) is 109 cm³/mol. The lowest BCUT2D eigenvalue weighted by Crippen LogP contribution is -2.45. The largest absolute Gasteiger partial charge is 0.493 e. The average Bonchev–Trinajstić information content (AvgIpc) is 2.73. The van der Waals surface area contributed by atoms with Gasteiger partial charge in [-0.1, -0.05) is 13.0 Å². The van der Waals surface area contributed by atoms with Crippen molar-refractivity contribution in [2.24, 2.45) is 11.8 Å². The van der Waals surface area contributed by atoms with Crippen LogP contribution in [0.15, 0.2) is 12.1 Å². The quantitative estimate of drug-likeness (QED) is 0.747. The minimum Gasteiger partial charge on any atom is -0.493 e. The van der Waals surface area contributed by atoms with E-state index in [9.17, 15) is 4.79 Å².